The monoisotopic (exact) mass is 516 g/mol. The number of halogens is 8. The number of alkyl halides is 6. The first-order chi connectivity index (χ1) is 15.3. The number of hydrogen-bond donors (Lipinski definition) is 3. The average Bonchev–Trinajstić information content (AvgIpc) is 3.33. The van der Waals surface area contributed by atoms with Gasteiger partial charge in [-0.1, -0.05) is 28.4 Å². The normalized spacial score (nSPS) is 18.7. The Balaban J connectivity index is 1.69. The second-order valence-electron chi connectivity index (χ2n) is 7.12. The van der Waals surface area contributed by atoms with Crippen LogP contribution in [-0.2, 0) is 10.4 Å². The Hall–Kier alpha value is -2.44. The molecule has 0 aliphatic carbocycles. The van der Waals surface area contributed by atoms with Gasteiger partial charge in [0.2, 0.25) is 0 Å². The molecule has 6 nitrogen and oxygen atoms in total. The molecule has 1 aromatic heterocycles. The van der Waals surface area contributed by atoms with Gasteiger partial charge in [0.25, 0.3) is 11.5 Å². The van der Waals surface area contributed by atoms with Gasteiger partial charge in [0, 0.05) is 28.7 Å². The lowest BCUT2D eigenvalue weighted by atomic mass is 9.87. The lowest BCUT2D eigenvalue weighted by Gasteiger charge is -2.29. The summed E-state index contributed by atoms with van der Waals surface area (Å²) >= 11 is 11.7. The number of carbonyl (C=O) groups excluding carboxylic acids is 1. The van der Waals surface area contributed by atoms with Crippen molar-refractivity contribution in [2.24, 2.45) is 5.16 Å². The van der Waals surface area contributed by atoms with Crippen LogP contribution in [0.2, 0.25) is 10.0 Å². The number of carbonyl (C=O) groups is 1. The fraction of sp³-hybridized carbons (Fsp3) is 0.368. The van der Waals surface area contributed by atoms with Crippen LogP contribution < -0.4 is 10.6 Å². The molecule has 180 valence electrons. The molecule has 2 aromatic rings. The molecule has 14 heteroatoms. The first-order valence-corrected chi connectivity index (χ1v) is 10.1. The van der Waals surface area contributed by atoms with E-state index in [-0.39, 0.29) is 45.8 Å². The van der Waals surface area contributed by atoms with E-state index in [4.69, 9.17) is 28.0 Å². The molecule has 1 amide bonds. The molecule has 3 rings (SSSR count). The van der Waals surface area contributed by atoms with Gasteiger partial charge in [0.05, 0.1) is 18.7 Å². The number of aromatic nitrogens is 1. The Labute approximate surface area is 193 Å². The van der Waals surface area contributed by atoms with E-state index in [0.717, 1.165) is 12.1 Å². The van der Waals surface area contributed by atoms with Crippen LogP contribution in [0.25, 0.3) is 0 Å². The zero-order valence-corrected chi connectivity index (χ0v) is 18.0. The van der Waals surface area contributed by atoms with E-state index in [9.17, 15) is 31.1 Å². The van der Waals surface area contributed by atoms with Crippen LogP contribution in [0.4, 0.5) is 26.3 Å². The van der Waals surface area contributed by atoms with Crippen LogP contribution in [-0.4, -0.2) is 48.6 Å². The third kappa shape index (κ3) is 5.92. The highest BCUT2D eigenvalue weighted by atomic mass is 35.5. The van der Waals surface area contributed by atoms with Crippen molar-refractivity contribution in [1.82, 2.24) is 15.6 Å². The molecule has 0 saturated heterocycles. The molecule has 0 radical (unpaired) electrons. The van der Waals surface area contributed by atoms with Crippen molar-refractivity contribution < 1.29 is 36.0 Å². The predicted octanol–water partition coefficient (Wildman–Crippen LogP) is 4.79. The molecule has 0 fully saturated rings. The Morgan fingerprint density at radius 1 is 1.09 bits per heavy atom. The lowest BCUT2D eigenvalue weighted by molar-refractivity contribution is -0.275. The fourth-order valence-electron chi connectivity index (χ4n) is 3.12. The Bertz CT molecular complexity index is 1030. The van der Waals surface area contributed by atoms with Gasteiger partial charge in [0.1, 0.15) is 11.4 Å². The molecular formula is C19H16Cl2F6N4O2. The topological polar surface area (TPSA) is 78.5 Å². The van der Waals surface area contributed by atoms with Crippen LogP contribution in [0.5, 0.6) is 0 Å². The quantitative estimate of drug-likeness (QED) is 0.366. The third-order valence-electron chi connectivity index (χ3n) is 4.67. The highest BCUT2D eigenvalue weighted by Crippen LogP contribution is 2.49. The maximum absolute atomic E-state index is 14.0. The SMILES string of the molecule is O=C(NCCNCC(F)(F)F)c1ccc(C2=NOC(c3cc(Cl)cc(Cl)c3)(C(F)(F)F)C2)[nH]1. The third-order valence-corrected chi connectivity index (χ3v) is 5.11. The molecule has 0 saturated carbocycles. The Kier molecular flexibility index (Phi) is 7.20. The zero-order valence-electron chi connectivity index (χ0n) is 16.5. The number of benzene rings is 1. The number of amides is 1. The molecule has 1 aliphatic heterocycles. The van der Waals surface area contributed by atoms with Gasteiger partial charge in [-0.15, -0.1) is 0 Å². The van der Waals surface area contributed by atoms with E-state index >= 15 is 0 Å². The number of oxime groups is 1. The standard InChI is InChI=1S/C19H16Cl2F6N4O2/c20-11-5-10(6-12(21)7-11)17(19(25,26)27)8-15(31-33-17)13-1-2-14(30-13)16(32)29-4-3-28-9-18(22,23)24/h1-2,5-7,28,30H,3-4,8-9H2,(H,29,32). The van der Waals surface area contributed by atoms with Crippen molar-refractivity contribution in [2.45, 2.75) is 24.4 Å². The summed E-state index contributed by atoms with van der Waals surface area (Å²) in [6.45, 7) is -1.43. The van der Waals surface area contributed by atoms with Gasteiger partial charge >= 0.3 is 12.4 Å². The maximum Gasteiger partial charge on any atom is 0.435 e. The molecule has 0 bridgehead atoms. The van der Waals surface area contributed by atoms with E-state index in [1.54, 1.807) is 0 Å². The molecule has 0 spiro atoms. The summed E-state index contributed by atoms with van der Waals surface area (Å²) in [4.78, 5) is 19.7. The van der Waals surface area contributed by atoms with Crippen LogP contribution in [0.1, 0.15) is 28.2 Å². The summed E-state index contributed by atoms with van der Waals surface area (Å²) in [7, 11) is 0. The maximum atomic E-state index is 14.0. The highest BCUT2D eigenvalue weighted by molar-refractivity contribution is 6.34. The van der Waals surface area contributed by atoms with Crippen molar-refractivity contribution >= 4 is 34.8 Å². The van der Waals surface area contributed by atoms with Crippen LogP contribution in [0.15, 0.2) is 35.5 Å². The molecule has 3 N–H and O–H groups in total. The molecule has 1 aromatic carbocycles. The van der Waals surface area contributed by atoms with Crippen LogP contribution >= 0.6 is 23.2 Å². The minimum atomic E-state index is -4.87. The zero-order chi connectivity index (χ0) is 24.4. The molecule has 33 heavy (non-hydrogen) atoms. The summed E-state index contributed by atoms with van der Waals surface area (Å²) in [6.07, 6.45) is -9.96. The van der Waals surface area contributed by atoms with E-state index in [2.05, 4.69) is 20.8 Å². The van der Waals surface area contributed by atoms with E-state index in [1.165, 1.54) is 18.2 Å². The molecular weight excluding hydrogens is 501 g/mol. The van der Waals surface area contributed by atoms with Crippen molar-refractivity contribution in [3.63, 3.8) is 0 Å². The molecule has 1 aliphatic rings. The van der Waals surface area contributed by atoms with E-state index in [0.29, 0.717) is 0 Å². The summed E-state index contributed by atoms with van der Waals surface area (Å²) in [5, 5.41) is 8.06. The summed E-state index contributed by atoms with van der Waals surface area (Å²) < 4.78 is 78.3. The van der Waals surface area contributed by atoms with Gasteiger partial charge in [-0.25, -0.2) is 0 Å². The Morgan fingerprint density at radius 2 is 1.76 bits per heavy atom. The van der Waals surface area contributed by atoms with Crippen molar-refractivity contribution in [2.75, 3.05) is 19.6 Å². The smallest absolute Gasteiger partial charge is 0.374 e. The van der Waals surface area contributed by atoms with Crippen molar-refractivity contribution in [3.05, 3.63) is 57.3 Å². The first-order valence-electron chi connectivity index (χ1n) is 9.34. The average molecular weight is 517 g/mol. The van der Waals surface area contributed by atoms with Crippen molar-refractivity contribution in [3.8, 4) is 0 Å². The first kappa shape index (κ1) is 25.2. The second-order valence-corrected chi connectivity index (χ2v) is 8.00. The van der Waals surface area contributed by atoms with Gasteiger partial charge in [-0.05, 0) is 30.3 Å². The number of nitrogens with zero attached hydrogens (tertiary/aromatic N) is 1. The van der Waals surface area contributed by atoms with E-state index < -0.39 is 36.8 Å². The van der Waals surface area contributed by atoms with Gasteiger partial charge < -0.3 is 20.5 Å². The number of H-pyrrole nitrogens is 1. The highest BCUT2D eigenvalue weighted by Gasteiger charge is 2.62. The number of hydrogen-bond acceptors (Lipinski definition) is 4. The van der Waals surface area contributed by atoms with Crippen LogP contribution in [0, 0.1) is 0 Å². The number of aromatic amines is 1. The minimum absolute atomic E-state index is 0.0123. The number of nitrogens with one attached hydrogen (secondary N) is 3. The number of rotatable bonds is 7. The second kappa shape index (κ2) is 9.43. The van der Waals surface area contributed by atoms with Gasteiger partial charge in [-0.3, -0.25) is 4.79 Å². The predicted molar refractivity (Wildman–Crippen MR) is 108 cm³/mol. The van der Waals surface area contributed by atoms with Gasteiger partial charge in [0.15, 0.2) is 0 Å². The minimum Gasteiger partial charge on any atom is -0.374 e. The van der Waals surface area contributed by atoms with Crippen molar-refractivity contribution in [1.29, 1.82) is 0 Å². The molecule has 1 atom stereocenters. The summed E-state index contributed by atoms with van der Waals surface area (Å²) in [5.41, 5.74) is -3.17. The van der Waals surface area contributed by atoms with Crippen LogP contribution in [0.3, 0.4) is 0 Å². The molecule has 2 heterocycles. The van der Waals surface area contributed by atoms with E-state index in [1.807, 2.05) is 0 Å². The largest absolute Gasteiger partial charge is 0.435 e. The lowest BCUT2D eigenvalue weighted by Crippen LogP contribution is -2.42. The van der Waals surface area contributed by atoms with Gasteiger partial charge in [-0.2, -0.15) is 26.3 Å². The molecule has 1 unspecified atom stereocenters. The summed E-state index contributed by atoms with van der Waals surface area (Å²) in [5.74, 6) is -0.654. The Morgan fingerprint density at radius 3 is 2.36 bits per heavy atom. The fourth-order valence-corrected chi connectivity index (χ4v) is 3.65. The summed E-state index contributed by atoms with van der Waals surface area (Å²) in [6, 6.07) is 6.10.